The number of benzene rings is 1. The Morgan fingerprint density at radius 1 is 1.19 bits per heavy atom. The van der Waals surface area contributed by atoms with Crippen LogP contribution in [0.4, 0.5) is 5.69 Å². The number of aliphatic hydroxyl groups is 1. The Labute approximate surface area is 127 Å². The number of aliphatic hydroxyl groups excluding tert-OH is 1. The molecule has 0 aliphatic carbocycles. The van der Waals surface area contributed by atoms with E-state index < -0.39 is 0 Å². The number of rotatable bonds is 4. The molecule has 116 valence electrons. The van der Waals surface area contributed by atoms with Crippen LogP contribution >= 0.6 is 0 Å². The Bertz CT molecular complexity index is 470. The lowest BCUT2D eigenvalue weighted by Crippen LogP contribution is -2.49. The van der Waals surface area contributed by atoms with Crippen LogP contribution in [0.1, 0.15) is 19.4 Å². The van der Waals surface area contributed by atoms with Crippen molar-refractivity contribution < 1.29 is 9.84 Å². The van der Waals surface area contributed by atoms with E-state index in [-0.39, 0.29) is 18.3 Å². The lowest BCUT2D eigenvalue weighted by atomic mass is 10.2. The zero-order valence-corrected chi connectivity index (χ0v) is 13.0. The molecule has 1 N–H and O–H groups in total. The zero-order valence-electron chi connectivity index (χ0n) is 13.0. The molecule has 1 aromatic carbocycles. The van der Waals surface area contributed by atoms with Crippen molar-refractivity contribution in [1.29, 1.82) is 0 Å². The van der Waals surface area contributed by atoms with Gasteiger partial charge in [-0.15, -0.1) is 0 Å². The van der Waals surface area contributed by atoms with Gasteiger partial charge < -0.3 is 14.7 Å². The predicted molar refractivity (Wildman–Crippen MR) is 84.8 cm³/mol. The van der Waals surface area contributed by atoms with E-state index in [1.807, 2.05) is 0 Å². The third-order valence-electron chi connectivity index (χ3n) is 4.38. The fourth-order valence-electron chi connectivity index (χ4n) is 3.64. The lowest BCUT2D eigenvalue weighted by molar-refractivity contribution is -0.0758. The number of morpholine rings is 1. The second-order valence-electron chi connectivity index (χ2n) is 6.45. The monoisotopic (exact) mass is 290 g/mol. The molecule has 3 atom stereocenters. The lowest BCUT2D eigenvalue weighted by Gasteiger charge is -2.37. The van der Waals surface area contributed by atoms with Crippen molar-refractivity contribution in [2.45, 2.75) is 38.6 Å². The molecule has 0 bridgehead atoms. The van der Waals surface area contributed by atoms with E-state index in [2.05, 4.69) is 47.9 Å². The molecular formula is C17H26N2O2. The Morgan fingerprint density at radius 2 is 1.90 bits per heavy atom. The third kappa shape index (κ3) is 3.57. The van der Waals surface area contributed by atoms with Crippen molar-refractivity contribution in [1.82, 2.24) is 4.90 Å². The average molecular weight is 290 g/mol. The van der Waals surface area contributed by atoms with Gasteiger partial charge >= 0.3 is 0 Å². The normalized spacial score (nSPS) is 27.7. The number of β-amino-alcohol motifs (C(OH)–C–C–N with tert-alkyl or cyclic N) is 1. The average Bonchev–Trinajstić information content (AvgIpc) is 2.81. The highest BCUT2D eigenvalue weighted by Crippen LogP contribution is 2.27. The van der Waals surface area contributed by atoms with Gasteiger partial charge in [-0.1, -0.05) is 18.2 Å². The molecule has 3 unspecified atom stereocenters. The molecule has 0 aromatic heterocycles. The highest BCUT2D eigenvalue weighted by molar-refractivity contribution is 5.57. The maximum Gasteiger partial charge on any atom is 0.0841 e. The van der Waals surface area contributed by atoms with Gasteiger partial charge in [-0.25, -0.2) is 0 Å². The number of fused-ring (bicyclic) bond motifs is 1. The van der Waals surface area contributed by atoms with E-state index in [4.69, 9.17) is 4.74 Å². The van der Waals surface area contributed by atoms with Crippen molar-refractivity contribution in [3.05, 3.63) is 29.8 Å². The van der Waals surface area contributed by atoms with Crippen molar-refractivity contribution in [2.75, 3.05) is 37.6 Å². The van der Waals surface area contributed by atoms with Gasteiger partial charge in [-0.3, -0.25) is 4.90 Å². The second-order valence-corrected chi connectivity index (χ2v) is 6.45. The third-order valence-corrected chi connectivity index (χ3v) is 4.38. The van der Waals surface area contributed by atoms with Gasteiger partial charge in [-0.05, 0) is 31.9 Å². The summed E-state index contributed by atoms with van der Waals surface area (Å²) in [5.41, 5.74) is 2.69. The fraction of sp³-hybridized carbons (Fsp3) is 0.647. The standard InChI is InChI=1S/C17H26N2O2/c1-13-9-18(10-14(2)21-13)11-16(20)12-19-8-7-15-5-3-4-6-17(15)19/h3-6,13-14,16,20H,7-12H2,1-2H3. The summed E-state index contributed by atoms with van der Waals surface area (Å²) in [5.74, 6) is 0. The fourth-order valence-corrected chi connectivity index (χ4v) is 3.64. The number of para-hydroxylation sites is 1. The van der Waals surface area contributed by atoms with Crippen molar-refractivity contribution in [3.63, 3.8) is 0 Å². The molecule has 21 heavy (non-hydrogen) atoms. The Balaban J connectivity index is 1.54. The maximum absolute atomic E-state index is 10.4. The number of hydrogen-bond acceptors (Lipinski definition) is 4. The molecule has 0 radical (unpaired) electrons. The topological polar surface area (TPSA) is 35.9 Å². The number of anilines is 1. The first-order valence-electron chi connectivity index (χ1n) is 8.00. The van der Waals surface area contributed by atoms with Crippen LogP contribution in [0.25, 0.3) is 0 Å². The highest BCUT2D eigenvalue weighted by Gasteiger charge is 2.26. The first-order valence-corrected chi connectivity index (χ1v) is 8.00. The van der Waals surface area contributed by atoms with E-state index in [9.17, 15) is 5.11 Å². The number of ether oxygens (including phenoxy) is 1. The summed E-state index contributed by atoms with van der Waals surface area (Å²) >= 11 is 0. The molecule has 0 amide bonds. The van der Waals surface area contributed by atoms with Crippen LogP contribution in [0.15, 0.2) is 24.3 Å². The van der Waals surface area contributed by atoms with Crippen molar-refractivity contribution >= 4 is 5.69 Å². The summed E-state index contributed by atoms with van der Waals surface area (Å²) in [6, 6.07) is 8.52. The van der Waals surface area contributed by atoms with Gasteiger partial charge in [0.1, 0.15) is 0 Å². The van der Waals surface area contributed by atoms with E-state index in [1.54, 1.807) is 0 Å². The van der Waals surface area contributed by atoms with Gasteiger partial charge in [-0.2, -0.15) is 0 Å². The van der Waals surface area contributed by atoms with Crippen LogP contribution in [0.2, 0.25) is 0 Å². The van der Waals surface area contributed by atoms with Crippen LogP contribution in [-0.4, -0.2) is 61.0 Å². The smallest absolute Gasteiger partial charge is 0.0841 e. The summed E-state index contributed by atoms with van der Waals surface area (Å²) < 4.78 is 5.74. The van der Waals surface area contributed by atoms with Crippen LogP contribution in [-0.2, 0) is 11.2 Å². The first-order chi connectivity index (χ1) is 10.1. The molecule has 1 fully saturated rings. The largest absolute Gasteiger partial charge is 0.390 e. The Kier molecular flexibility index (Phi) is 4.48. The van der Waals surface area contributed by atoms with E-state index in [0.29, 0.717) is 0 Å². The summed E-state index contributed by atoms with van der Waals surface area (Å²) in [7, 11) is 0. The minimum Gasteiger partial charge on any atom is -0.390 e. The highest BCUT2D eigenvalue weighted by atomic mass is 16.5. The van der Waals surface area contributed by atoms with E-state index in [0.717, 1.165) is 39.1 Å². The van der Waals surface area contributed by atoms with E-state index in [1.165, 1.54) is 11.3 Å². The maximum atomic E-state index is 10.4. The summed E-state index contributed by atoms with van der Waals surface area (Å²) in [4.78, 5) is 4.64. The molecule has 0 saturated carbocycles. The Morgan fingerprint density at radius 3 is 2.67 bits per heavy atom. The predicted octanol–water partition coefficient (Wildman–Crippen LogP) is 1.52. The zero-order chi connectivity index (χ0) is 14.8. The number of nitrogens with zero attached hydrogens (tertiary/aromatic N) is 2. The molecule has 2 aliphatic heterocycles. The van der Waals surface area contributed by atoms with Crippen LogP contribution in [0.3, 0.4) is 0 Å². The summed E-state index contributed by atoms with van der Waals surface area (Å²) in [6.07, 6.45) is 1.30. The van der Waals surface area contributed by atoms with Gasteiger partial charge in [0.05, 0.1) is 18.3 Å². The summed E-state index contributed by atoms with van der Waals surface area (Å²) in [6.45, 7) is 8.51. The van der Waals surface area contributed by atoms with Crippen LogP contribution in [0, 0.1) is 0 Å². The molecule has 4 nitrogen and oxygen atoms in total. The summed E-state index contributed by atoms with van der Waals surface area (Å²) in [5, 5.41) is 10.4. The van der Waals surface area contributed by atoms with Gasteiger partial charge in [0.15, 0.2) is 0 Å². The molecule has 3 rings (SSSR count). The van der Waals surface area contributed by atoms with Crippen LogP contribution < -0.4 is 4.90 Å². The van der Waals surface area contributed by atoms with Crippen molar-refractivity contribution in [2.24, 2.45) is 0 Å². The molecule has 2 heterocycles. The van der Waals surface area contributed by atoms with E-state index >= 15 is 0 Å². The van der Waals surface area contributed by atoms with Crippen molar-refractivity contribution in [3.8, 4) is 0 Å². The van der Waals surface area contributed by atoms with Gasteiger partial charge in [0.2, 0.25) is 0 Å². The minimum atomic E-state index is -0.311. The Hall–Kier alpha value is -1.10. The second kappa shape index (κ2) is 6.34. The van der Waals surface area contributed by atoms with Gasteiger partial charge in [0.25, 0.3) is 0 Å². The minimum absolute atomic E-state index is 0.258. The first kappa shape index (κ1) is 14.8. The molecule has 1 saturated heterocycles. The molecular weight excluding hydrogens is 264 g/mol. The van der Waals surface area contributed by atoms with Gasteiger partial charge in [0, 0.05) is 38.4 Å². The molecule has 2 aliphatic rings. The molecule has 0 spiro atoms. The van der Waals surface area contributed by atoms with Crippen LogP contribution in [0.5, 0.6) is 0 Å². The SMILES string of the molecule is CC1CN(CC(O)CN2CCc3ccccc32)CC(C)O1. The number of hydrogen-bond donors (Lipinski definition) is 1. The molecule has 1 aromatic rings. The quantitative estimate of drug-likeness (QED) is 0.912. The molecule has 4 heteroatoms.